The highest BCUT2D eigenvalue weighted by atomic mass is 28.5. The van der Waals surface area contributed by atoms with Crippen molar-refractivity contribution in [2.75, 3.05) is 40.5 Å². The molecule has 0 aliphatic heterocycles. The fraction of sp³-hybridized carbons (Fsp3) is 1.00. The summed E-state index contributed by atoms with van der Waals surface area (Å²) < 4.78 is 34.5. The van der Waals surface area contributed by atoms with Crippen molar-refractivity contribution in [2.24, 2.45) is 11.5 Å². The molecule has 0 radical (unpaired) electrons. The molecule has 0 aromatic heterocycles. The summed E-state index contributed by atoms with van der Waals surface area (Å²) in [7, 11) is -6.91. The van der Waals surface area contributed by atoms with Crippen molar-refractivity contribution in [3.8, 4) is 0 Å². The first-order valence-corrected chi connectivity index (χ1v) is 14.8. The standard InChI is InChI=1S/C13H36N2O7Si3/c1-6-19-25(20-7-2,13-9-11-15)22-24(16,12-8-10-14)21-23(5,17-3)18-4/h16H,6-15H2,1-5H3. The lowest BCUT2D eigenvalue weighted by molar-refractivity contribution is 0.0664. The Labute approximate surface area is 155 Å². The number of hydrogen-bond donors (Lipinski definition) is 3. The van der Waals surface area contributed by atoms with Gasteiger partial charge in [0.1, 0.15) is 0 Å². The fourth-order valence-electron chi connectivity index (χ4n) is 2.20. The first kappa shape index (κ1) is 25.3. The van der Waals surface area contributed by atoms with Crippen LogP contribution >= 0.6 is 0 Å². The highest BCUT2D eigenvalue weighted by molar-refractivity contribution is 6.79. The lowest BCUT2D eigenvalue weighted by Gasteiger charge is -2.38. The summed E-state index contributed by atoms with van der Waals surface area (Å²) in [5, 5.41) is 0. The third kappa shape index (κ3) is 9.16. The van der Waals surface area contributed by atoms with Crippen molar-refractivity contribution in [1.29, 1.82) is 0 Å². The summed E-state index contributed by atoms with van der Waals surface area (Å²) >= 11 is 0. The van der Waals surface area contributed by atoms with Gasteiger partial charge in [-0.3, -0.25) is 0 Å². The molecule has 5 N–H and O–H groups in total. The number of rotatable bonds is 16. The molecule has 0 saturated heterocycles. The van der Waals surface area contributed by atoms with Gasteiger partial charge in [-0.15, -0.1) is 0 Å². The zero-order valence-electron chi connectivity index (χ0n) is 16.2. The van der Waals surface area contributed by atoms with E-state index in [9.17, 15) is 4.80 Å². The lowest BCUT2D eigenvalue weighted by Crippen LogP contribution is -2.62. The van der Waals surface area contributed by atoms with Crippen LogP contribution in [0.25, 0.3) is 0 Å². The zero-order chi connectivity index (χ0) is 19.4. The molecule has 0 aromatic carbocycles. The second kappa shape index (κ2) is 12.6. The molecule has 0 aromatic rings. The zero-order valence-corrected chi connectivity index (χ0v) is 19.2. The van der Waals surface area contributed by atoms with Gasteiger partial charge in [0.25, 0.3) is 0 Å². The van der Waals surface area contributed by atoms with Crippen LogP contribution in [0.3, 0.4) is 0 Å². The van der Waals surface area contributed by atoms with E-state index in [0.29, 0.717) is 45.2 Å². The average molecular weight is 417 g/mol. The normalized spacial score (nSPS) is 15.4. The molecule has 1 atom stereocenters. The topological polar surface area (TPSA) is 128 Å². The maximum Gasteiger partial charge on any atom is 0.493 e. The molecule has 0 saturated carbocycles. The largest absolute Gasteiger partial charge is 0.493 e. The molecule has 152 valence electrons. The van der Waals surface area contributed by atoms with E-state index in [4.69, 9.17) is 37.4 Å². The summed E-state index contributed by atoms with van der Waals surface area (Å²) in [4.78, 5) is 11.2. The van der Waals surface area contributed by atoms with Crippen molar-refractivity contribution >= 4 is 26.4 Å². The molecule has 0 rings (SSSR count). The Bertz CT molecular complexity index is 348. The van der Waals surface area contributed by atoms with Crippen LogP contribution in [-0.2, 0) is 25.9 Å². The predicted molar refractivity (Wildman–Crippen MR) is 102 cm³/mol. The molecule has 0 aliphatic rings. The van der Waals surface area contributed by atoms with Crippen LogP contribution in [0.1, 0.15) is 26.7 Å². The van der Waals surface area contributed by atoms with E-state index < -0.39 is 26.4 Å². The third-order valence-corrected chi connectivity index (χ3v) is 13.7. The summed E-state index contributed by atoms with van der Waals surface area (Å²) in [6, 6.07) is 0.779. The van der Waals surface area contributed by atoms with Gasteiger partial charge in [0.05, 0.1) is 0 Å². The van der Waals surface area contributed by atoms with Crippen LogP contribution in [0.2, 0.25) is 18.6 Å². The summed E-state index contributed by atoms with van der Waals surface area (Å²) in [5.74, 6) is 0. The van der Waals surface area contributed by atoms with E-state index in [1.165, 1.54) is 14.2 Å². The second-order valence-corrected chi connectivity index (χ2v) is 14.1. The first-order valence-electron chi connectivity index (χ1n) is 8.69. The molecule has 0 heterocycles. The maximum atomic E-state index is 11.2. The van der Waals surface area contributed by atoms with Crippen LogP contribution in [-0.4, -0.2) is 71.7 Å². The minimum absolute atomic E-state index is 0.274. The van der Waals surface area contributed by atoms with Gasteiger partial charge in [-0.05, 0) is 39.8 Å². The maximum absolute atomic E-state index is 11.2. The van der Waals surface area contributed by atoms with Gasteiger partial charge in [-0.25, -0.2) is 0 Å². The van der Waals surface area contributed by atoms with E-state index in [1.54, 1.807) is 6.55 Å². The van der Waals surface area contributed by atoms with Crippen molar-refractivity contribution < 1.29 is 30.7 Å². The van der Waals surface area contributed by atoms with Crippen molar-refractivity contribution in [1.82, 2.24) is 0 Å². The molecule has 0 spiro atoms. The molecule has 9 nitrogen and oxygen atoms in total. The SMILES string of the molecule is CCO[Si](CCCN)(OCC)O[Si](O)(CCCN)O[Si](C)(OC)OC. The highest BCUT2D eigenvalue weighted by Gasteiger charge is 2.55. The van der Waals surface area contributed by atoms with Gasteiger partial charge >= 0.3 is 26.4 Å². The van der Waals surface area contributed by atoms with Crippen molar-refractivity contribution in [2.45, 2.75) is 45.3 Å². The van der Waals surface area contributed by atoms with Crippen LogP contribution in [0, 0.1) is 0 Å². The van der Waals surface area contributed by atoms with Gasteiger partial charge < -0.3 is 42.2 Å². The quantitative estimate of drug-likeness (QED) is 0.308. The molecular weight excluding hydrogens is 380 g/mol. The van der Waals surface area contributed by atoms with Gasteiger partial charge in [0.2, 0.25) is 0 Å². The van der Waals surface area contributed by atoms with E-state index in [2.05, 4.69) is 0 Å². The van der Waals surface area contributed by atoms with Crippen LogP contribution in [0.4, 0.5) is 0 Å². The number of nitrogens with two attached hydrogens (primary N) is 2. The molecule has 12 heteroatoms. The first-order chi connectivity index (χ1) is 11.8. The molecule has 0 aliphatic carbocycles. The smallest absolute Gasteiger partial charge is 0.391 e. The molecule has 0 fully saturated rings. The average Bonchev–Trinajstić information content (AvgIpc) is 2.58. The van der Waals surface area contributed by atoms with Crippen molar-refractivity contribution in [3.63, 3.8) is 0 Å². The molecular formula is C13H36N2O7Si3. The van der Waals surface area contributed by atoms with E-state index >= 15 is 0 Å². The van der Waals surface area contributed by atoms with E-state index in [1.807, 2.05) is 13.8 Å². The Morgan fingerprint density at radius 2 is 1.32 bits per heavy atom. The Balaban J connectivity index is 5.55. The minimum atomic E-state index is -3.70. The molecule has 0 amide bonds. The Morgan fingerprint density at radius 1 is 0.840 bits per heavy atom. The van der Waals surface area contributed by atoms with Gasteiger partial charge in [0.15, 0.2) is 0 Å². The van der Waals surface area contributed by atoms with E-state index in [0.717, 1.165) is 0 Å². The summed E-state index contributed by atoms with van der Waals surface area (Å²) in [6.45, 7) is 7.10. The summed E-state index contributed by atoms with van der Waals surface area (Å²) in [6.07, 6.45) is 1.21. The fourth-order valence-corrected chi connectivity index (χ4v) is 12.1. The van der Waals surface area contributed by atoms with Crippen LogP contribution in [0.5, 0.6) is 0 Å². The third-order valence-electron chi connectivity index (χ3n) is 3.51. The Morgan fingerprint density at radius 3 is 1.72 bits per heavy atom. The highest BCUT2D eigenvalue weighted by Crippen LogP contribution is 2.28. The molecule has 0 bridgehead atoms. The minimum Gasteiger partial charge on any atom is -0.391 e. The molecule has 1 unspecified atom stereocenters. The van der Waals surface area contributed by atoms with Crippen LogP contribution in [0.15, 0.2) is 0 Å². The summed E-state index contributed by atoms with van der Waals surface area (Å²) in [5.41, 5.74) is 11.2. The van der Waals surface area contributed by atoms with Gasteiger partial charge in [0, 0.05) is 46.1 Å². The Kier molecular flexibility index (Phi) is 12.8. The van der Waals surface area contributed by atoms with Crippen LogP contribution < -0.4 is 11.5 Å². The lowest BCUT2D eigenvalue weighted by atomic mass is 10.5. The van der Waals surface area contributed by atoms with Gasteiger partial charge in [-0.1, -0.05) is 0 Å². The van der Waals surface area contributed by atoms with E-state index in [-0.39, 0.29) is 6.04 Å². The molecule has 25 heavy (non-hydrogen) atoms. The Hall–Kier alpha value is 0.291. The van der Waals surface area contributed by atoms with Crippen molar-refractivity contribution in [3.05, 3.63) is 0 Å². The predicted octanol–water partition coefficient (Wildman–Crippen LogP) is 0.522. The number of hydrogen-bond acceptors (Lipinski definition) is 9. The monoisotopic (exact) mass is 416 g/mol. The second-order valence-electron chi connectivity index (χ2n) is 5.52. The van der Waals surface area contributed by atoms with Gasteiger partial charge in [-0.2, -0.15) is 0 Å².